The number of aromatic carboxylic acids is 1. The second kappa shape index (κ2) is 4.78. The van der Waals surface area contributed by atoms with Gasteiger partial charge in [0.2, 0.25) is 0 Å². The Bertz CT molecular complexity index is 457. The van der Waals surface area contributed by atoms with Crippen LogP contribution in [0.2, 0.25) is 0 Å². The van der Waals surface area contributed by atoms with Gasteiger partial charge in [0.15, 0.2) is 0 Å². The smallest absolute Gasteiger partial charge is 0.335 e. The molecule has 5 nitrogen and oxygen atoms in total. The number of carboxylic acids is 2. The van der Waals surface area contributed by atoms with Crippen molar-refractivity contribution in [1.82, 2.24) is 0 Å². The van der Waals surface area contributed by atoms with E-state index in [9.17, 15) is 14.7 Å². The summed E-state index contributed by atoms with van der Waals surface area (Å²) >= 11 is 0. The number of rotatable bonds is 3. The molecule has 0 aromatic heterocycles. The van der Waals surface area contributed by atoms with Crippen LogP contribution in [0.15, 0.2) is 24.3 Å². The van der Waals surface area contributed by atoms with Crippen molar-refractivity contribution in [3.8, 4) is 0 Å². The van der Waals surface area contributed by atoms with Gasteiger partial charge >= 0.3 is 11.9 Å². The average molecular weight is 250 g/mol. The quantitative estimate of drug-likeness (QED) is 0.849. The molecule has 2 rings (SSSR count). The van der Waals surface area contributed by atoms with Gasteiger partial charge in [0, 0.05) is 13.2 Å². The average Bonchev–Trinajstić information content (AvgIpc) is 2.39. The molecule has 1 saturated heterocycles. The van der Waals surface area contributed by atoms with Crippen molar-refractivity contribution in [2.45, 2.75) is 18.3 Å². The first-order valence-corrected chi connectivity index (χ1v) is 5.71. The Balaban J connectivity index is 2.37. The Morgan fingerprint density at radius 2 is 1.61 bits per heavy atom. The summed E-state index contributed by atoms with van der Waals surface area (Å²) in [6.07, 6.45) is 0.823. The molecule has 1 aromatic rings. The van der Waals surface area contributed by atoms with Gasteiger partial charge in [-0.05, 0) is 30.5 Å². The van der Waals surface area contributed by atoms with Gasteiger partial charge in [0.05, 0.1) is 11.0 Å². The normalized spacial score (nSPS) is 18.2. The van der Waals surface area contributed by atoms with E-state index in [4.69, 9.17) is 9.84 Å². The molecule has 0 bridgehead atoms. The van der Waals surface area contributed by atoms with Crippen molar-refractivity contribution in [2.75, 3.05) is 13.2 Å². The molecule has 0 atom stereocenters. The van der Waals surface area contributed by atoms with Gasteiger partial charge in [-0.2, -0.15) is 0 Å². The summed E-state index contributed by atoms with van der Waals surface area (Å²) < 4.78 is 5.20. The Labute approximate surface area is 104 Å². The van der Waals surface area contributed by atoms with Crippen molar-refractivity contribution >= 4 is 11.9 Å². The van der Waals surface area contributed by atoms with E-state index < -0.39 is 17.4 Å². The van der Waals surface area contributed by atoms with Crippen molar-refractivity contribution in [3.05, 3.63) is 35.4 Å². The zero-order valence-corrected chi connectivity index (χ0v) is 9.76. The highest BCUT2D eigenvalue weighted by Gasteiger charge is 2.41. The Kier molecular flexibility index (Phi) is 3.34. The van der Waals surface area contributed by atoms with E-state index in [2.05, 4.69) is 0 Å². The standard InChI is InChI=1S/C13H14O5/c14-11(15)9-1-3-10(4-2-9)13(12(16)17)5-7-18-8-6-13/h1-4H,5-8H2,(H,14,15)(H,16,17). The fraction of sp³-hybridized carbons (Fsp3) is 0.385. The minimum Gasteiger partial charge on any atom is -0.481 e. The number of hydrogen-bond donors (Lipinski definition) is 2. The molecule has 18 heavy (non-hydrogen) atoms. The summed E-state index contributed by atoms with van der Waals surface area (Å²) in [4.78, 5) is 22.3. The fourth-order valence-corrected chi connectivity index (χ4v) is 2.28. The van der Waals surface area contributed by atoms with E-state index in [1.807, 2.05) is 0 Å². The SMILES string of the molecule is O=C(O)c1ccc(C2(C(=O)O)CCOCC2)cc1. The molecule has 96 valence electrons. The zero-order chi connectivity index (χ0) is 13.2. The van der Waals surface area contributed by atoms with Crippen molar-refractivity contribution in [2.24, 2.45) is 0 Å². The molecule has 1 aliphatic heterocycles. The van der Waals surface area contributed by atoms with Crippen LogP contribution in [0.5, 0.6) is 0 Å². The minimum atomic E-state index is -1.02. The second-order valence-corrected chi connectivity index (χ2v) is 4.38. The molecule has 1 heterocycles. The Hall–Kier alpha value is -1.88. The van der Waals surface area contributed by atoms with Gasteiger partial charge < -0.3 is 14.9 Å². The highest BCUT2D eigenvalue weighted by molar-refractivity contribution is 5.88. The topological polar surface area (TPSA) is 83.8 Å². The van der Waals surface area contributed by atoms with Crippen LogP contribution in [0.25, 0.3) is 0 Å². The van der Waals surface area contributed by atoms with Crippen molar-refractivity contribution in [3.63, 3.8) is 0 Å². The monoisotopic (exact) mass is 250 g/mol. The van der Waals surface area contributed by atoms with Crippen LogP contribution < -0.4 is 0 Å². The third-order valence-electron chi connectivity index (χ3n) is 3.44. The van der Waals surface area contributed by atoms with Gasteiger partial charge in [-0.1, -0.05) is 12.1 Å². The van der Waals surface area contributed by atoms with Gasteiger partial charge in [0.1, 0.15) is 0 Å². The van der Waals surface area contributed by atoms with Crippen LogP contribution in [0.4, 0.5) is 0 Å². The fourth-order valence-electron chi connectivity index (χ4n) is 2.28. The van der Waals surface area contributed by atoms with E-state index in [1.165, 1.54) is 12.1 Å². The van der Waals surface area contributed by atoms with Crippen LogP contribution in [0.1, 0.15) is 28.8 Å². The number of carboxylic acid groups (broad SMARTS) is 2. The van der Waals surface area contributed by atoms with Crippen LogP contribution in [-0.2, 0) is 14.9 Å². The molecule has 0 amide bonds. The summed E-state index contributed by atoms with van der Waals surface area (Å²) in [5, 5.41) is 18.3. The summed E-state index contributed by atoms with van der Waals surface area (Å²) in [5.41, 5.74) is -0.149. The molecule has 0 unspecified atom stereocenters. The van der Waals surface area contributed by atoms with Crippen molar-refractivity contribution in [1.29, 1.82) is 0 Å². The van der Waals surface area contributed by atoms with E-state index in [-0.39, 0.29) is 5.56 Å². The number of ether oxygens (including phenoxy) is 1. The highest BCUT2D eigenvalue weighted by atomic mass is 16.5. The lowest BCUT2D eigenvalue weighted by atomic mass is 9.74. The van der Waals surface area contributed by atoms with E-state index in [0.29, 0.717) is 31.6 Å². The van der Waals surface area contributed by atoms with Crippen LogP contribution in [0.3, 0.4) is 0 Å². The lowest BCUT2D eigenvalue weighted by molar-refractivity contribution is -0.147. The minimum absolute atomic E-state index is 0.159. The van der Waals surface area contributed by atoms with Crippen LogP contribution in [0, 0.1) is 0 Å². The summed E-state index contributed by atoms with van der Waals surface area (Å²) in [7, 11) is 0. The van der Waals surface area contributed by atoms with Crippen LogP contribution in [-0.4, -0.2) is 35.4 Å². The van der Waals surface area contributed by atoms with Gasteiger partial charge in [0.25, 0.3) is 0 Å². The predicted octanol–water partition coefficient (Wildman–Crippen LogP) is 1.52. The van der Waals surface area contributed by atoms with Crippen LogP contribution >= 0.6 is 0 Å². The summed E-state index contributed by atoms with van der Waals surface area (Å²) in [5.74, 6) is -1.90. The molecular formula is C13H14O5. The zero-order valence-electron chi connectivity index (χ0n) is 9.76. The van der Waals surface area contributed by atoms with Gasteiger partial charge in [-0.25, -0.2) is 4.79 Å². The third-order valence-corrected chi connectivity index (χ3v) is 3.44. The lowest BCUT2D eigenvalue weighted by Crippen LogP contribution is -2.41. The largest absolute Gasteiger partial charge is 0.481 e. The molecular weight excluding hydrogens is 236 g/mol. The maximum Gasteiger partial charge on any atom is 0.335 e. The first-order valence-electron chi connectivity index (χ1n) is 5.71. The molecule has 0 spiro atoms. The molecule has 0 radical (unpaired) electrons. The second-order valence-electron chi connectivity index (χ2n) is 4.38. The number of hydrogen-bond acceptors (Lipinski definition) is 3. The summed E-state index contributed by atoms with van der Waals surface area (Å²) in [6.45, 7) is 0.819. The first-order chi connectivity index (χ1) is 8.56. The maximum absolute atomic E-state index is 11.5. The molecule has 1 aromatic carbocycles. The van der Waals surface area contributed by atoms with E-state index >= 15 is 0 Å². The first kappa shape index (κ1) is 12.6. The molecule has 1 aliphatic rings. The molecule has 0 saturated carbocycles. The molecule has 2 N–H and O–H groups in total. The number of aliphatic carboxylic acids is 1. The number of benzene rings is 1. The summed E-state index contributed by atoms with van der Waals surface area (Å²) in [6, 6.07) is 6.06. The number of carbonyl (C=O) groups is 2. The van der Waals surface area contributed by atoms with E-state index in [0.717, 1.165) is 0 Å². The lowest BCUT2D eigenvalue weighted by Gasteiger charge is -2.33. The van der Waals surface area contributed by atoms with Gasteiger partial charge in [-0.15, -0.1) is 0 Å². The van der Waals surface area contributed by atoms with Crippen molar-refractivity contribution < 1.29 is 24.5 Å². The molecule has 5 heteroatoms. The maximum atomic E-state index is 11.5. The predicted molar refractivity (Wildman–Crippen MR) is 62.8 cm³/mol. The Morgan fingerprint density at radius 3 is 2.06 bits per heavy atom. The van der Waals surface area contributed by atoms with E-state index in [1.54, 1.807) is 12.1 Å². The Morgan fingerprint density at radius 1 is 1.06 bits per heavy atom. The third kappa shape index (κ3) is 2.09. The molecule has 1 fully saturated rings. The van der Waals surface area contributed by atoms with Gasteiger partial charge in [-0.3, -0.25) is 4.79 Å². The molecule has 0 aliphatic carbocycles. The highest BCUT2D eigenvalue weighted by Crippen LogP contribution is 2.35.